The first kappa shape index (κ1) is 10.1. The van der Waals surface area contributed by atoms with Crippen molar-refractivity contribution < 1.29 is 8.83 Å². The Balaban J connectivity index is 2.07. The molecule has 20 heavy (non-hydrogen) atoms. The lowest BCUT2D eigenvalue weighted by Gasteiger charge is -2.03. The van der Waals surface area contributed by atoms with E-state index < -0.39 is 0 Å². The molecule has 0 aliphatic heterocycles. The molecule has 2 heteroatoms. The van der Waals surface area contributed by atoms with Crippen molar-refractivity contribution in [3.05, 3.63) is 61.1 Å². The zero-order chi connectivity index (χ0) is 13.1. The summed E-state index contributed by atoms with van der Waals surface area (Å²) in [7, 11) is 0. The van der Waals surface area contributed by atoms with E-state index in [1.807, 2.05) is 12.1 Å². The summed E-state index contributed by atoms with van der Waals surface area (Å²) in [5.41, 5.74) is 1.90. The predicted molar refractivity (Wildman–Crippen MR) is 81.0 cm³/mol. The fourth-order valence-electron chi connectivity index (χ4n) is 3.00. The van der Waals surface area contributed by atoms with Crippen molar-refractivity contribution in [2.75, 3.05) is 0 Å². The summed E-state index contributed by atoms with van der Waals surface area (Å²) in [4.78, 5) is 0. The van der Waals surface area contributed by atoms with Gasteiger partial charge in [0.1, 0.15) is 11.2 Å². The summed E-state index contributed by atoms with van der Waals surface area (Å²) >= 11 is 0. The van der Waals surface area contributed by atoms with Gasteiger partial charge in [-0.3, -0.25) is 0 Å². The molecule has 0 saturated carbocycles. The second kappa shape index (κ2) is 3.42. The molecule has 94 valence electrons. The van der Waals surface area contributed by atoms with E-state index >= 15 is 0 Å². The van der Waals surface area contributed by atoms with E-state index in [-0.39, 0.29) is 0 Å². The first-order valence-electron chi connectivity index (χ1n) is 6.60. The number of furan rings is 2. The van der Waals surface area contributed by atoms with E-state index in [2.05, 4.69) is 36.4 Å². The quantitative estimate of drug-likeness (QED) is 0.343. The van der Waals surface area contributed by atoms with Crippen LogP contribution in [0.5, 0.6) is 0 Å². The van der Waals surface area contributed by atoms with Crippen LogP contribution in [-0.4, -0.2) is 0 Å². The summed E-state index contributed by atoms with van der Waals surface area (Å²) in [5, 5.41) is 6.90. The third kappa shape index (κ3) is 1.18. The smallest absolute Gasteiger partial charge is 0.141 e. The number of benzene rings is 3. The van der Waals surface area contributed by atoms with Crippen LogP contribution in [0.15, 0.2) is 69.9 Å². The minimum absolute atomic E-state index is 0.948. The van der Waals surface area contributed by atoms with Gasteiger partial charge in [-0.15, -0.1) is 0 Å². The van der Waals surface area contributed by atoms with Crippen LogP contribution in [0.3, 0.4) is 0 Å². The van der Waals surface area contributed by atoms with Crippen LogP contribution in [0, 0.1) is 0 Å². The van der Waals surface area contributed by atoms with E-state index in [1.54, 1.807) is 12.5 Å². The van der Waals surface area contributed by atoms with Gasteiger partial charge < -0.3 is 8.83 Å². The minimum Gasteiger partial charge on any atom is -0.464 e. The summed E-state index contributed by atoms with van der Waals surface area (Å²) in [6.45, 7) is 0. The average molecular weight is 258 g/mol. The Hall–Kier alpha value is -2.74. The van der Waals surface area contributed by atoms with Crippen molar-refractivity contribution in [1.82, 2.24) is 0 Å². The number of hydrogen-bond acceptors (Lipinski definition) is 2. The van der Waals surface area contributed by atoms with Crippen molar-refractivity contribution in [1.29, 1.82) is 0 Å². The van der Waals surface area contributed by atoms with E-state index in [9.17, 15) is 0 Å². The van der Waals surface area contributed by atoms with Gasteiger partial charge in [-0.05, 0) is 35.0 Å². The zero-order valence-electron chi connectivity index (χ0n) is 10.6. The van der Waals surface area contributed by atoms with Crippen molar-refractivity contribution >= 4 is 43.5 Å². The van der Waals surface area contributed by atoms with Gasteiger partial charge in [0.2, 0.25) is 0 Å². The lowest BCUT2D eigenvalue weighted by molar-refractivity contribution is 0.618. The van der Waals surface area contributed by atoms with Crippen molar-refractivity contribution in [3.63, 3.8) is 0 Å². The topological polar surface area (TPSA) is 26.3 Å². The van der Waals surface area contributed by atoms with Gasteiger partial charge in [0, 0.05) is 21.5 Å². The second-order valence-corrected chi connectivity index (χ2v) is 5.10. The molecule has 0 bridgehead atoms. The van der Waals surface area contributed by atoms with Crippen LogP contribution < -0.4 is 0 Å². The first-order chi connectivity index (χ1) is 9.90. The monoisotopic (exact) mass is 258 g/mol. The average Bonchev–Trinajstić information content (AvgIpc) is 3.13. The Kier molecular flexibility index (Phi) is 1.73. The molecule has 0 N–H and O–H groups in total. The van der Waals surface area contributed by atoms with Gasteiger partial charge in [0.05, 0.1) is 12.5 Å². The number of fused-ring (bicyclic) bond motifs is 6. The van der Waals surface area contributed by atoms with Crippen LogP contribution in [0.2, 0.25) is 0 Å². The van der Waals surface area contributed by atoms with Crippen LogP contribution in [-0.2, 0) is 0 Å². The van der Waals surface area contributed by atoms with Crippen LogP contribution >= 0.6 is 0 Å². The standard InChI is InChI=1S/C18H10O2/c1-3-13-9-16-14(4-2-12-6-8-20-18(12)16)10-15(13)17-11(1)5-7-19-17/h1-10H. The third-order valence-corrected chi connectivity index (χ3v) is 3.99. The summed E-state index contributed by atoms with van der Waals surface area (Å²) in [6, 6.07) is 16.8. The predicted octanol–water partition coefficient (Wildman–Crippen LogP) is 5.49. The molecule has 2 aromatic heterocycles. The van der Waals surface area contributed by atoms with Crippen LogP contribution in [0.4, 0.5) is 0 Å². The molecular weight excluding hydrogens is 248 g/mol. The SMILES string of the molecule is c1cc2ccc3cc4c(ccc5ccoc54)cc3c2o1. The van der Waals surface area contributed by atoms with E-state index in [4.69, 9.17) is 8.83 Å². The fraction of sp³-hybridized carbons (Fsp3) is 0. The maximum Gasteiger partial charge on any atom is 0.141 e. The Morgan fingerprint density at radius 1 is 0.500 bits per heavy atom. The molecule has 5 aromatic rings. The van der Waals surface area contributed by atoms with Crippen LogP contribution in [0.1, 0.15) is 0 Å². The molecule has 0 atom stereocenters. The molecular formula is C18H10O2. The molecule has 2 nitrogen and oxygen atoms in total. The lowest BCUT2D eigenvalue weighted by Crippen LogP contribution is -1.78. The van der Waals surface area contributed by atoms with Gasteiger partial charge in [0.25, 0.3) is 0 Å². The highest BCUT2D eigenvalue weighted by molar-refractivity contribution is 6.14. The summed E-state index contributed by atoms with van der Waals surface area (Å²) in [5.74, 6) is 0. The molecule has 3 aromatic carbocycles. The first-order valence-corrected chi connectivity index (χ1v) is 6.60. The van der Waals surface area contributed by atoms with Crippen LogP contribution in [0.25, 0.3) is 43.5 Å². The Morgan fingerprint density at radius 3 is 1.45 bits per heavy atom. The number of hydrogen-bond donors (Lipinski definition) is 0. The Morgan fingerprint density at radius 2 is 0.950 bits per heavy atom. The molecule has 0 unspecified atom stereocenters. The van der Waals surface area contributed by atoms with Crippen molar-refractivity contribution in [2.45, 2.75) is 0 Å². The second-order valence-electron chi connectivity index (χ2n) is 5.10. The molecule has 0 saturated heterocycles. The molecule has 2 heterocycles. The molecule has 0 aliphatic rings. The van der Waals surface area contributed by atoms with Gasteiger partial charge in [0.15, 0.2) is 0 Å². The Labute approximate surface area is 114 Å². The van der Waals surface area contributed by atoms with E-state index in [0.717, 1.165) is 32.7 Å². The molecule has 5 rings (SSSR count). The molecule has 0 aliphatic carbocycles. The normalized spacial score (nSPS) is 12.0. The van der Waals surface area contributed by atoms with Gasteiger partial charge in [-0.25, -0.2) is 0 Å². The largest absolute Gasteiger partial charge is 0.464 e. The minimum atomic E-state index is 0.948. The third-order valence-electron chi connectivity index (χ3n) is 3.99. The molecule has 0 radical (unpaired) electrons. The maximum absolute atomic E-state index is 5.63. The van der Waals surface area contributed by atoms with Gasteiger partial charge in [-0.1, -0.05) is 24.3 Å². The highest BCUT2D eigenvalue weighted by Crippen LogP contribution is 2.33. The van der Waals surface area contributed by atoms with E-state index in [0.29, 0.717) is 0 Å². The lowest BCUT2D eigenvalue weighted by atomic mass is 10.0. The number of rotatable bonds is 0. The molecule has 0 spiro atoms. The van der Waals surface area contributed by atoms with Crippen molar-refractivity contribution in [3.8, 4) is 0 Å². The zero-order valence-corrected chi connectivity index (χ0v) is 10.6. The van der Waals surface area contributed by atoms with E-state index in [1.165, 1.54) is 10.8 Å². The molecule has 0 amide bonds. The fourth-order valence-corrected chi connectivity index (χ4v) is 3.00. The van der Waals surface area contributed by atoms with Gasteiger partial charge in [-0.2, -0.15) is 0 Å². The maximum atomic E-state index is 5.63. The summed E-state index contributed by atoms with van der Waals surface area (Å²) in [6.07, 6.45) is 3.48. The summed E-state index contributed by atoms with van der Waals surface area (Å²) < 4.78 is 11.3. The highest BCUT2D eigenvalue weighted by Gasteiger charge is 2.08. The van der Waals surface area contributed by atoms with Crippen molar-refractivity contribution in [2.24, 2.45) is 0 Å². The highest BCUT2D eigenvalue weighted by atomic mass is 16.3. The Bertz CT molecular complexity index is 1010. The van der Waals surface area contributed by atoms with Gasteiger partial charge >= 0.3 is 0 Å². The molecule has 0 fully saturated rings.